The lowest BCUT2D eigenvalue weighted by Gasteiger charge is -2.09. The summed E-state index contributed by atoms with van der Waals surface area (Å²) in [6.45, 7) is 3.72. The molecule has 1 N–H and O–H groups in total. The van der Waals surface area contributed by atoms with E-state index in [2.05, 4.69) is 10.3 Å². The molecule has 5 heteroatoms. The van der Waals surface area contributed by atoms with Gasteiger partial charge in [-0.1, -0.05) is 0 Å². The minimum Gasteiger partial charge on any atom is -0.320 e. The number of carbonyl (C=O) groups is 1. The molecular formula is C14H12FIN2O. The zero-order chi connectivity index (χ0) is 14.0. The summed E-state index contributed by atoms with van der Waals surface area (Å²) in [5.41, 5.74) is 2.76. The zero-order valence-electron chi connectivity index (χ0n) is 10.5. The third-order valence-corrected chi connectivity index (χ3v) is 3.54. The van der Waals surface area contributed by atoms with Gasteiger partial charge in [-0.25, -0.2) is 4.39 Å². The van der Waals surface area contributed by atoms with Crippen LogP contribution in [-0.2, 0) is 0 Å². The zero-order valence-corrected chi connectivity index (χ0v) is 12.7. The van der Waals surface area contributed by atoms with Crippen LogP contribution in [0.15, 0.2) is 30.3 Å². The first-order valence-corrected chi connectivity index (χ1v) is 6.76. The van der Waals surface area contributed by atoms with E-state index in [0.717, 1.165) is 11.4 Å². The highest BCUT2D eigenvalue weighted by atomic mass is 127. The summed E-state index contributed by atoms with van der Waals surface area (Å²) in [5.74, 6) is -0.618. The molecule has 0 aliphatic carbocycles. The van der Waals surface area contributed by atoms with Crippen LogP contribution in [0.4, 0.5) is 10.1 Å². The van der Waals surface area contributed by atoms with E-state index in [1.54, 1.807) is 0 Å². The first-order chi connectivity index (χ1) is 8.97. The van der Waals surface area contributed by atoms with Crippen molar-refractivity contribution in [3.05, 3.63) is 56.7 Å². The second-order valence-corrected chi connectivity index (χ2v) is 5.33. The standard InChI is InChI=1S/C14H12FIN2O/c1-8-3-6-13(9(2)17-8)18-14(19)11-5-4-10(15)7-12(11)16/h3-7H,1-2H3,(H,18,19). The van der Waals surface area contributed by atoms with Gasteiger partial charge >= 0.3 is 0 Å². The molecular weight excluding hydrogens is 358 g/mol. The molecule has 3 nitrogen and oxygen atoms in total. The highest BCUT2D eigenvalue weighted by Gasteiger charge is 2.12. The lowest BCUT2D eigenvalue weighted by molar-refractivity contribution is 0.102. The monoisotopic (exact) mass is 370 g/mol. The van der Waals surface area contributed by atoms with Crippen molar-refractivity contribution in [2.75, 3.05) is 5.32 Å². The van der Waals surface area contributed by atoms with Gasteiger partial charge in [0, 0.05) is 9.26 Å². The Morgan fingerprint density at radius 2 is 2.00 bits per heavy atom. The summed E-state index contributed by atoms with van der Waals surface area (Å²) >= 11 is 1.94. The van der Waals surface area contributed by atoms with Crippen LogP contribution in [0.1, 0.15) is 21.7 Å². The molecule has 0 atom stereocenters. The smallest absolute Gasteiger partial charge is 0.256 e. The summed E-state index contributed by atoms with van der Waals surface area (Å²) < 4.78 is 13.6. The van der Waals surface area contributed by atoms with Crippen molar-refractivity contribution in [1.29, 1.82) is 0 Å². The fourth-order valence-electron chi connectivity index (χ4n) is 1.68. The van der Waals surface area contributed by atoms with E-state index in [4.69, 9.17) is 0 Å². The van der Waals surface area contributed by atoms with Crippen molar-refractivity contribution >= 4 is 34.2 Å². The van der Waals surface area contributed by atoms with Crippen molar-refractivity contribution in [2.45, 2.75) is 13.8 Å². The number of amides is 1. The van der Waals surface area contributed by atoms with Crippen LogP contribution in [-0.4, -0.2) is 10.9 Å². The maximum absolute atomic E-state index is 13.0. The molecule has 0 radical (unpaired) electrons. The molecule has 1 aromatic heterocycles. The summed E-state index contributed by atoms with van der Waals surface area (Å²) in [6, 6.07) is 7.72. The Balaban J connectivity index is 2.25. The predicted molar refractivity (Wildman–Crippen MR) is 80.8 cm³/mol. The van der Waals surface area contributed by atoms with Crippen molar-refractivity contribution in [3.8, 4) is 0 Å². The second kappa shape index (κ2) is 5.64. The van der Waals surface area contributed by atoms with E-state index in [0.29, 0.717) is 14.8 Å². The summed E-state index contributed by atoms with van der Waals surface area (Å²) in [5, 5.41) is 2.79. The van der Waals surface area contributed by atoms with Gasteiger partial charge in [-0.2, -0.15) is 0 Å². The van der Waals surface area contributed by atoms with Gasteiger partial charge in [0.1, 0.15) is 5.82 Å². The molecule has 1 heterocycles. The third-order valence-electron chi connectivity index (χ3n) is 2.65. The lowest BCUT2D eigenvalue weighted by Crippen LogP contribution is -2.14. The van der Waals surface area contributed by atoms with Crippen LogP contribution >= 0.6 is 22.6 Å². The number of anilines is 1. The van der Waals surface area contributed by atoms with Gasteiger partial charge in [0.2, 0.25) is 0 Å². The van der Waals surface area contributed by atoms with E-state index >= 15 is 0 Å². The number of nitrogens with zero attached hydrogens (tertiary/aromatic N) is 1. The highest BCUT2D eigenvalue weighted by Crippen LogP contribution is 2.18. The van der Waals surface area contributed by atoms with Gasteiger partial charge in [0.05, 0.1) is 16.9 Å². The first kappa shape index (κ1) is 13.9. The number of nitrogens with one attached hydrogen (secondary N) is 1. The van der Waals surface area contributed by atoms with Crippen LogP contribution in [0.2, 0.25) is 0 Å². The Morgan fingerprint density at radius 3 is 2.63 bits per heavy atom. The molecule has 1 amide bonds. The average molecular weight is 370 g/mol. The van der Waals surface area contributed by atoms with Crippen LogP contribution in [0.3, 0.4) is 0 Å². The molecule has 0 fully saturated rings. The Hall–Kier alpha value is -1.50. The number of rotatable bonds is 2. The fourth-order valence-corrected chi connectivity index (χ4v) is 2.40. The number of hydrogen-bond acceptors (Lipinski definition) is 2. The number of aromatic nitrogens is 1. The van der Waals surface area contributed by atoms with Crippen LogP contribution in [0.5, 0.6) is 0 Å². The van der Waals surface area contributed by atoms with Gasteiger partial charge < -0.3 is 5.32 Å². The SMILES string of the molecule is Cc1ccc(NC(=O)c2ccc(F)cc2I)c(C)n1. The largest absolute Gasteiger partial charge is 0.320 e. The van der Waals surface area contributed by atoms with Crippen molar-refractivity contribution < 1.29 is 9.18 Å². The van der Waals surface area contributed by atoms with Crippen molar-refractivity contribution in [1.82, 2.24) is 4.98 Å². The first-order valence-electron chi connectivity index (χ1n) is 5.68. The topological polar surface area (TPSA) is 42.0 Å². The number of aryl methyl sites for hydroxylation is 2. The van der Waals surface area contributed by atoms with E-state index in [-0.39, 0.29) is 11.7 Å². The molecule has 19 heavy (non-hydrogen) atoms. The lowest BCUT2D eigenvalue weighted by atomic mass is 10.2. The molecule has 98 valence electrons. The molecule has 0 saturated heterocycles. The molecule has 0 aliphatic heterocycles. The molecule has 2 aromatic rings. The van der Waals surface area contributed by atoms with Gasteiger partial charge in [-0.05, 0) is 66.8 Å². The maximum atomic E-state index is 13.0. The van der Waals surface area contributed by atoms with Gasteiger partial charge in [0.25, 0.3) is 5.91 Å². The van der Waals surface area contributed by atoms with Gasteiger partial charge in [-0.3, -0.25) is 9.78 Å². The number of carbonyl (C=O) groups excluding carboxylic acids is 1. The molecule has 2 rings (SSSR count). The molecule has 0 aliphatic rings. The van der Waals surface area contributed by atoms with E-state index in [9.17, 15) is 9.18 Å². The number of hydrogen-bond donors (Lipinski definition) is 1. The highest BCUT2D eigenvalue weighted by molar-refractivity contribution is 14.1. The number of benzene rings is 1. The Bertz CT molecular complexity index is 643. The minimum absolute atomic E-state index is 0.266. The van der Waals surface area contributed by atoms with E-state index < -0.39 is 0 Å². The Labute approximate surface area is 124 Å². The van der Waals surface area contributed by atoms with Crippen LogP contribution in [0, 0.1) is 23.2 Å². The Morgan fingerprint density at radius 1 is 1.26 bits per heavy atom. The summed E-state index contributed by atoms with van der Waals surface area (Å²) in [4.78, 5) is 16.4. The molecule has 0 bridgehead atoms. The number of halogens is 2. The normalized spacial score (nSPS) is 10.3. The second-order valence-electron chi connectivity index (χ2n) is 4.16. The van der Waals surface area contributed by atoms with E-state index in [1.165, 1.54) is 18.2 Å². The predicted octanol–water partition coefficient (Wildman–Crippen LogP) is 3.69. The molecule has 0 unspecified atom stereocenters. The van der Waals surface area contributed by atoms with Crippen LogP contribution in [0.25, 0.3) is 0 Å². The van der Waals surface area contributed by atoms with Gasteiger partial charge in [0.15, 0.2) is 0 Å². The van der Waals surface area contributed by atoms with E-state index in [1.807, 2.05) is 48.6 Å². The minimum atomic E-state index is -0.353. The van der Waals surface area contributed by atoms with Gasteiger partial charge in [-0.15, -0.1) is 0 Å². The number of pyridine rings is 1. The average Bonchev–Trinajstić information content (AvgIpc) is 2.32. The Kier molecular flexibility index (Phi) is 4.14. The quantitative estimate of drug-likeness (QED) is 0.820. The molecule has 0 saturated carbocycles. The molecule has 1 aromatic carbocycles. The van der Waals surface area contributed by atoms with Crippen LogP contribution < -0.4 is 5.32 Å². The van der Waals surface area contributed by atoms with Crippen molar-refractivity contribution in [3.63, 3.8) is 0 Å². The molecule has 0 spiro atoms. The summed E-state index contributed by atoms with van der Waals surface area (Å²) in [7, 11) is 0. The maximum Gasteiger partial charge on any atom is 0.256 e. The third kappa shape index (κ3) is 3.28. The fraction of sp³-hybridized carbons (Fsp3) is 0.143. The van der Waals surface area contributed by atoms with Crippen molar-refractivity contribution in [2.24, 2.45) is 0 Å². The summed E-state index contributed by atoms with van der Waals surface area (Å²) in [6.07, 6.45) is 0.